The molecule has 3 atom stereocenters. The minimum Gasteiger partial charge on any atom is -0.388 e. The number of aliphatic hydroxyl groups is 1. The predicted molar refractivity (Wildman–Crippen MR) is 52.9 cm³/mol. The van der Waals surface area contributed by atoms with Crippen LogP contribution in [-0.4, -0.2) is 18.3 Å². The van der Waals surface area contributed by atoms with Gasteiger partial charge in [0.25, 0.3) is 0 Å². The Morgan fingerprint density at radius 3 is 3.00 bits per heavy atom. The predicted octanol–water partition coefficient (Wildman–Crippen LogP) is 1.54. The first kappa shape index (κ1) is 8.45. The lowest BCUT2D eigenvalue weighted by Gasteiger charge is -2.30. The van der Waals surface area contributed by atoms with E-state index in [1.165, 1.54) is 5.56 Å². The van der Waals surface area contributed by atoms with Gasteiger partial charge in [0.2, 0.25) is 0 Å². The first-order valence-electron chi connectivity index (χ1n) is 5.20. The number of hydrogen-bond acceptors (Lipinski definition) is 2. The monoisotopic (exact) mass is 190 g/mol. The van der Waals surface area contributed by atoms with Crippen molar-refractivity contribution in [2.75, 3.05) is 13.2 Å². The van der Waals surface area contributed by atoms with Crippen molar-refractivity contribution in [3.05, 3.63) is 35.4 Å². The molecule has 2 heteroatoms. The van der Waals surface area contributed by atoms with Crippen molar-refractivity contribution in [3.8, 4) is 0 Å². The van der Waals surface area contributed by atoms with Crippen LogP contribution in [0.1, 0.15) is 17.2 Å². The zero-order valence-electron chi connectivity index (χ0n) is 8.02. The second kappa shape index (κ2) is 3.07. The molecule has 1 fully saturated rings. The van der Waals surface area contributed by atoms with Gasteiger partial charge in [0.15, 0.2) is 0 Å². The maximum atomic E-state index is 10.2. The van der Waals surface area contributed by atoms with Crippen LogP contribution >= 0.6 is 0 Å². The van der Waals surface area contributed by atoms with E-state index in [1.54, 1.807) is 0 Å². The molecule has 1 aromatic carbocycles. The standard InChI is InChI=1S/C12H14O2/c13-12-10-4-2-1-3-8(10)5-9-6-14-7-11(9)12/h1-4,9,11-13H,5-7H2/t9-,11+,12?/m0/s1. The van der Waals surface area contributed by atoms with E-state index in [0.29, 0.717) is 11.8 Å². The number of hydrogen-bond donors (Lipinski definition) is 1. The van der Waals surface area contributed by atoms with Crippen LogP contribution in [0.5, 0.6) is 0 Å². The molecule has 0 radical (unpaired) electrons. The van der Waals surface area contributed by atoms with Crippen molar-refractivity contribution in [1.29, 1.82) is 0 Å². The molecule has 1 saturated heterocycles. The van der Waals surface area contributed by atoms with Gasteiger partial charge < -0.3 is 9.84 Å². The molecule has 2 aliphatic rings. The molecule has 1 unspecified atom stereocenters. The normalized spacial score (nSPS) is 35.1. The van der Waals surface area contributed by atoms with E-state index in [1.807, 2.05) is 18.2 Å². The molecule has 2 nitrogen and oxygen atoms in total. The summed E-state index contributed by atoms with van der Waals surface area (Å²) in [6.45, 7) is 1.54. The Labute approximate surface area is 83.5 Å². The van der Waals surface area contributed by atoms with Crippen LogP contribution in [0.15, 0.2) is 24.3 Å². The van der Waals surface area contributed by atoms with Crippen LogP contribution in [0.4, 0.5) is 0 Å². The maximum Gasteiger partial charge on any atom is 0.0846 e. The van der Waals surface area contributed by atoms with Gasteiger partial charge in [-0.3, -0.25) is 0 Å². The lowest BCUT2D eigenvalue weighted by atomic mass is 9.76. The number of benzene rings is 1. The Morgan fingerprint density at radius 1 is 1.21 bits per heavy atom. The van der Waals surface area contributed by atoms with Gasteiger partial charge in [0.05, 0.1) is 19.3 Å². The van der Waals surface area contributed by atoms with Crippen molar-refractivity contribution in [2.45, 2.75) is 12.5 Å². The van der Waals surface area contributed by atoms with Crippen molar-refractivity contribution in [2.24, 2.45) is 11.8 Å². The lowest BCUT2D eigenvalue weighted by Crippen LogP contribution is -2.28. The van der Waals surface area contributed by atoms with Gasteiger partial charge in [-0.25, -0.2) is 0 Å². The average molecular weight is 190 g/mol. The third-order valence-electron chi connectivity index (χ3n) is 3.51. The van der Waals surface area contributed by atoms with E-state index in [-0.39, 0.29) is 6.10 Å². The first-order valence-corrected chi connectivity index (χ1v) is 5.20. The molecule has 1 aliphatic heterocycles. The van der Waals surface area contributed by atoms with Gasteiger partial charge >= 0.3 is 0 Å². The molecule has 3 rings (SSSR count). The summed E-state index contributed by atoms with van der Waals surface area (Å²) in [5.74, 6) is 0.852. The lowest BCUT2D eigenvalue weighted by molar-refractivity contribution is 0.0731. The van der Waals surface area contributed by atoms with Crippen LogP contribution in [0.3, 0.4) is 0 Å². The quantitative estimate of drug-likeness (QED) is 0.672. The fourth-order valence-corrected chi connectivity index (χ4v) is 2.70. The van der Waals surface area contributed by atoms with E-state index in [4.69, 9.17) is 4.74 Å². The molecular formula is C12H14O2. The molecule has 1 N–H and O–H groups in total. The molecule has 0 bridgehead atoms. The van der Waals surface area contributed by atoms with Crippen LogP contribution < -0.4 is 0 Å². The molecular weight excluding hydrogens is 176 g/mol. The second-order valence-electron chi connectivity index (χ2n) is 4.31. The van der Waals surface area contributed by atoms with Crippen molar-refractivity contribution in [1.82, 2.24) is 0 Å². The van der Waals surface area contributed by atoms with E-state index in [9.17, 15) is 5.11 Å². The largest absolute Gasteiger partial charge is 0.388 e. The molecule has 1 heterocycles. The number of aliphatic hydroxyl groups excluding tert-OH is 1. The van der Waals surface area contributed by atoms with Gasteiger partial charge in [-0.2, -0.15) is 0 Å². The first-order chi connectivity index (χ1) is 6.86. The Balaban J connectivity index is 2.04. The maximum absolute atomic E-state index is 10.2. The highest BCUT2D eigenvalue weighted by Crippen LogP contribution is 2.41. The highest BCUT2D eigenvalue weighted by molar-refractivity contribution is 5.33. The second-order valence-corrected chi connectivity index (χ2v) is 4.31. The van der Waals surface area contributed by atoms with Gasteiger partial charge in [-0.1, -0.05) is 24.3 Å². The van der Waals surface area contributed by atoms with Crippen LogP contribution in [0.25, 0.3) is 0 Å². The Bertz CT molecular complexity index is 348. The van der Waals surface area contributed by atoms with Gasteiger partial charge in [-0.05, 0) is 23.5 Å². The topological polar surface area (TPSA) is 29.5 Å². The molecule has 0 aromatic heterocycles. The third-order valence-corrected chi connectivity index (χ3v) is 3.51. The summed E-state index contributed by atoms with van der Waals surface area (Å²) in [5.41, 5.74) is 2.41. The summed E-state index contributed by atoms with van der Waals surface area (Å²) in [6, 6.07) is 8.20. The minimum atomic E-state index is -0.313. The fraction of sp³-hybridized carbons (Fsp3) is 0.500. The SMILES string of the molecule is OC1c2ccccc2C[C@H]2COC[C@@H]12. The van der Waals surface area contributed by atoms with E-state index in [0.717, 1.165) is 25.2 Å². The molecule has 14 heavy (non-hydrogen) atoms. The van der Waals surface area contributed by atoms with Crippen LogP contribution in [0, 0.1) is 11.8 Å². The summed E-state index contributed by atoms with van der Waals surface area (Å²) in [4.78, 5) is 0. The highest BCUT2D eigenvalue weighted by atomic mass is 16.5. The van der Waals surface area contributed by atoms with E-state index >= 15 is 0 Å². The Morgan fingerprint density at radius 2 is 2.07 bits per heavy atom. The van der Waals surface area contributed by atoms with Crippen molar-refractivity contribution >= 4 is 0 Å². The molecule has 0 spiro atoms. The zero-order chi connectivity index (χ0) is 9.54. The summed E-state index contributed by atoms with van der Waals surface area (Å²) < 4.78 is 5.43. The molecule has 74 valence electrons. The number of ether oxygens (including phenoxy) is 1. The minimum absolute atomic E-state index is 0.313. The highest BCUT2D eigenvalue weighted by Gasteiger charge is 2.39. The summed E-state index contributed by atoms with van der Waals surface area (Å²) in [7, 11) is 0. The fourth-order valence-electron chi connectivity index (χ4n) is 2.70. The molecule has 1 aromatic rings. The van der Waals surface area contributed by atoms with Crippen molar-refractivity contribution in [3.63, 3.8) is 0 Å². The molecule has 0 amide bonds. The van der Waals surface area contributed by atoms with Gasteiger partial charge in [0, 0.05) is 5.92 Å². The smallest absolute Gasteiger partial charge is 0.0846 e. The van der Waals surface area contributed by atoms with E-state index in [2.05, 4.69) is 6.07 Å². The molecule has 0 saturated carbocycles. The van der Waals surface area contributed by atoms with Gasteiger partial charge in [0.1, 0.15) is 0 Å². The summed E-state index contributed by atoms with van der Waals surface area (Å²) in [5, 5.41) is 10.2. The number of fused-ring (bicyclic) bond motifs is 2. The van der Waals surface area contributed by atoms with Crippen molar-refractivity contribution < 1.29 is 9.84 Å². The zero-order valence-corrected chi connectivity index (χ0v) is 8.02. The summed E-state index contributed by atoms with van der Waals surface area (Å²) >= 11 is 0. The molecule has 1 aliphatic carbocycles. The van der Waals surface area contributed by atoms with E-state index < -0.39 is 0 Å². The third kappa shape index (κ3) is 1.11. The van der Waals surface area contributed by atoms with Gasteiger partial charge in [-0.15, -0.1) is 0 Å². The average Bonchev–Trinajstić information content (AvgIpc) is 2.66. The van der Waals surface area contributed by atoms with Crippen LogP contribution in [0.2, 0.25) is 0 Å². The number of rotatable bonds is 0. The van der Waals surface area contributed by atoms with Crippen LogP contribution in [-0.2, 0) is 11.2 Å². The summed E-state index contributed by atoms with van der Waals surface area (Å²) in [6.07, 6.45) is 0.755. The Hall–Kier alpha value is -0.860. The Kier molecular flexibility index (Phi) is 1.85.